The molecule has 8 heteroatoms. The Morgan fingerprint density at radius 2 is 1.72 bits per heavy atom. The van der Waals surface area contributed by atoms with Gasteiger partial charge in [-0.15, -0.1) is 0 Å². The van der Waals surface area contributed by atoms with Crippen LogP contribution < -0.4 is 5.32 Å². The molecule has 8 nitrogen and oxygen atoms in total. The number of carbonyl (C=O) groups is 4. The largest absolute Gasteiger partial charge is 0.338 e. The minimum atomic E-state index is -1.13. The molecule has 0 bridgehead atoms. The number of hydrogen-bond donors (Lipinski definition) is 1. The molecule has 0 aliphatic carbocycles. The summed E-state index contributed by atoms with van der Waals surface area (Å²) in [4.78, 5) is 51.2. The van der Waals surface area contributed by atoms with Crippen LogP contribution in [0.3, 0.4) is 0 Å². The van der Waals surface area contributed by atoms with Crippen molar-refractivity contribution in [3.8, 4) is 0 Å². The first kappa shape index (κ1) is 13.8. The molecule has 0 radical (unpaired) electrons. The summed E-state index contributed by atoms with van der Waals surface area (Å²) >= 11 is 0. The normalized spacial score (nSPS) is 22.4. The highest BCUT2D eigenvalue weighted by atomic mass is 16.2. The van der Waals surface area contributed by atoms with Crippen LogP contribution in [0.2, 0.25) is 0 Å². The lowest BCUT2D eigenvalue weighted by atomic mass is 10.1. The fourth-order valence-electron chi connectivity index (χ4n) is 1.55. The Labute approximate surface area is 104 Å². The lowest BCUT2D eigenvalue weighted by Gasteiger charge is -2.35. The predicted molar refractivity (Wildman–Crippen MR) is 61.6 cm³/mol. The standard InChI is InChI=1S/C10H14N4O4/c1-5(15)11-7-8(12-6(2)16)13(3)10(18)14(4)9(7)17/h7H,1-4H3,(H,11,15). The number of aliphatic imine (C=N–C) groups is 1. The van der Waals surface area contributed by atoms with Gasteiger partial charge in [0.05, 0.1) is 0 Å². The highest BCUT2D eigenvalue weighted by molar-refractivity contribution is 6.22. The molecule has 5 amide bonds. The van der Waals surface area contributed by atoms with E-state index in [1.165, 1.54) is 27.9 Å². The van der Waals surface area contributed by atoms with Gasteiger partial charge in [-0.3, -0.25) is 24.2 Å². The number of carbonyl (C=O) groups excluding carboxylic acids is 4. The molecule has 1 rings (SSSR count). The Hall–Kier alpha value is -2.25. The highest BCUT2D eigenvalue weighted by Gasteiger charge is 2.41. The first-order valence-electron chi connectivity index (χ1n) is 5.17. The molecule has 0 spiro atoms. The molecule has 18 heavy (non-hydrogen) atoms. The molecule has 1 heterocycles. The Kier molecular flexibility index (Phi) is 3.79. The van der Waals surface area contributed by atoms with Gasteiger partial charge in [0.15, 0.2) is 6.04 Å². The molecule has 1 unspecified atom stereocenters. The van der Waals surface area contributed by atoms with E-state index in [9.17, 15) is 19.2 Å². The number of imide groups is 1. The molecule has 98 valence electrons. The second-order valence-electron chi connectivity index (χ2n) is 3.86. The van der Waals surface area contributed by atoms with Crippen molar-refractivity contribution in [2.24, 2.45) is 4.99 Å². The van der Waals surface area contributed by atoms with Gasteiger partial charge >= 0.3 is 6.03 Å². The number of nitrogens with one attached hydrogen (secondary N) is 1. The zero-order valence-electron chi connectivity index (χ0n) is 10.6. The molecule has 1 fully saturated rings. The minimum Gasteiger partial charge on any atom is -0.338 e. The van der Waals surface area contributed by atoms with E-state index in [0.717, 1.165) is 9.80 Å². The first-order chi connectivity index (χ1) is 8.25. The predicted octanol–water partition coefficient (Wildman–Crippen LogP) is -1.04. The van der Waals surface area contributed by atoms with E-state index >= 15 is 0 Å². The molecule has 0 aromatic carbocycles. The Morgan fingerprint density at radius 1 is 1.17 bits per heavy atom. The van der Waals surface area contributed by atoms with E-state index in [1.54, 1.807) is 0 Å². The maximum absolute atomic E-state index is 11.9. The van der Waals surface area contributed by atoms with Crippen LogP contribution in [0.25, 0.3) is 0 Å². The van der Waals surface area contributed by atoms with Crippen molar-refractivity contribution in [3.63, 3.8) is 0 Å². The third kappa shape index (κ3) is 2.53. The van der Waals surface area contributed by atoms with E-state index in [1.807, 2.05) is 0 Å². The zero-order chi connectivity index (χ0) is 14.0. The Bertz CT molecular complexity index is 457. The average molecular weight is 254 g/mol. The molecule has 1 aliphatic heterocycles. The van der Waals surface area contributed by atoms with E-state index < -0.39 is 29.8 Å². The summed E-state index contributed by atoms with van der Waals surface area (Å²) in [6.45, 7) is 2.42. The molecule has 1 aliphatic rings. The monoisotopic (exact) mass is 254 g/mol. The fourth-order valence-corrected chi connectivity index (χ4v) is 1.55. The maximum Gasteiger partial charge on any atom is 0.331 e. The van der Waals surface area contributed by atoms with E-state index in [0.29, 0.717) is 0 Å². The number of amidine groups is 1. The first-order valence-corrected chi connectivity index (χ1v) is 5.17. The van der Waals surface area contributed by atoms with Crippen LogP contribution in [0, 0.1) is 0 Å². The van der Waals surface area contributed by atoms with Crippen LogP contribution in [0.1, 0.15) is 13.8 Å². The van der Waals surface area contributed by atoms with Crippen LogP contribution in [0.4, 0.5) is 4.79 Å². The summed E-state index contributed by atoms with van der Waals surface area (Å²) in [6, 6.07) is -1.74. The van der Waals surface area contributed by atoms with Gasteiger partial charge < -0.3 is 5.32 Å². The average Bonchev–Trinajstić information content (AvgIpc) is 2.27. The zero-order valence-corrected chi connectivity index (χ0v) is 10.6. The number of amides is 5. The van der Waals surface area contributed by atoms with Crippen LogP contribution in [-0.4, -0.2) is 59.5 Å². The van der Waals surface area contributed by atoms with Crippen molar-refractivity contribution in [1.82, 2.24) is 15.1 Å². The Balaban J connectivity index is 3.22. The molecular weight excluding hydrogens is 240 g/mol. The minimum absolute atomic E-state index is 0.0780. The fraction of sp³-hybridized carbons (Fsp3) is 0.500. The van der Waals surface area contributed by atoms with Gasteiger partial charge in [0.1, 0.15) is 5.84 Å². The van der Waals surface area contributed by atoms with Crippen LogP contribution in [-0.2, 0) is 14.4 Å². The van der Waals surface area contributed by atoms with Gasteiger partial charge in [-0.25, -0.2) is 4.79 Å². The number of likely N-dealkylation sites (N-methyl/N-ethyl adjacent to an activating group) is 2. The smallest absolute Gasteiger partial charge is 0.331 e. The second-order valence-corrected chi connectivity index (χ2v) is 3.86. The topological polar surface area (TPSA) is 99.1 Å². The molecule has 1 saturated heterocycles. The lowest BCUT2D eigenvalue weighted by molar-refractivity contribution is -0.132. The summed E-state index contributed by atoms with van der Waals surface area (Å²) in [5.41, 5.74) is 0. The summed E-state index contributed by atoms with van der Waals surface area (Å²) in [6.07, 6.45) is 0. The highest BCUT2D eigenvalue weighted by Crippen LogP contribution is 2.11. The number of rotatable bonds is 1. The van der Waals surface area contributed by atoms with Crippen molar-refractivity contribution in [3.05, 3.63) is 0 Å². The van der Waals surface area contributed by atoms with Crippen LogP contribution >= 0.6 is 0 Å². The SMILES string of the molecule is CC(=O)N=C1C(NC(C)=O)C(=O)N(C)C(=O)N1C. The molecule has 1 N–H and O–H groups in total. The third-order valence-electron chi connectivity index (χ3n) is 2.37. The number of hydrogen-bond acceptors (Lipinski definition) is 4. The van der Waals surface area contributed by atoms with Crippen LogP contribution in [0.5, 0.6) is 0 Å². The van der Waals surface area contributed by atoms with Gasteiger partial charge in [-0.2, -0.15) is 4.99 Å². The van der Waals surface area contributed by atoms with Crippen molar-refractivity contribution >= 4 is 29.6 Å². The number of nitrogens with zero attached hydrogens (tertiary/aromatic N) is 3. The molecule has 0 aromatic heterocycles. The summed E-state index contributed by atoms with van der Waals surface area (Å²) in [7, 11) is 2.67. The lowest BCUT2D eigenvalue weighted by Crippen LogP contribution is -2.64. The van der Waals surface area contributed by atoms with Crippen molar-refractivity contribution in [2.45, 2.75) is 19.9 Å². The molecule has 1 atom stereocenters. The number of urea groups is 1. The third-order valence-corrected chi connectivity index (χ3v) is 2.37. The van der Waals surface area contributed by atoms with Gasteiger partial charge in [-0.1, -0.05) is 0 Å². The van der Waals surface area contributed by atoms with Crippen LogP contribution in [0.15, 0.2) is 4.99 Å². The summed E-state index contributed by atoms with van der Waals surface area (Å²) in [5, 5.41) is 2.36. The van der Waals surface area contributed by atoms with E-state index in [-0.39, 0.29) is 5.84 Å². The molecular formula is C10H14N4O4. The maximum atomic E-state index is 11.9. The summed E-state index contributed by atoms with van der Waals surface area (Å²) in [5.74, 6) is -1.72. The quantitative estimate of drug-likeness (QED) is 0.646. The van der Waals surface area contributed by atoms with Crippen molar-refractivity contribution in [1.29, 1.82) is 0 Å². The van der Waals surface area contributed by atoms with Gasteiger partial charge in [-0.05, 0) is 0 Å². The second kappa shape index (κ2) is 4.94. The van der Waals surface area contributed by atoms with Gasteiger partial charge in [0.2, 0.25) is 11.8 Å². The van der Waals surface area contributed by atoms with Crippen molar-refractivity contribution in [2.75, 3.05) is 14.1 Å². The van der Waals surface area contributed by atoms with Gasteiger partial charge in [0, 0.05) is 27.9 Å². The Morgan fingerprint density at radius 3 is 2.17 bits per heavy atom. The van der Waals surface area contributed by atoms with Crippen molar-refractivity contribution < 1.29 is 19.2 Å². The van der Waals surface area contributed by atoms with Gasteiger partial charge in [0.25, 0.3) is 5.91 Å². The molecule has 0 aromatic rings. The van der Waals surface area contributed by atoms with E-state index in [4.69, 9.17) is 0 Å². The summed E-state index contributed by atoms with van der Waals surface area (Å²) < 4.78 is 0. The molecule has 0 saturated carbocycles. The van der Waals surface area contributed by atoms with E-state index in [2.05, 4.69) is 10.3 Å².